The Morgan fingerprint density at radius 1 is 1.17 bits per heavy atom. The van der Waals surface area contributed by atoms with E-state index in [4.69, 9.17) is 0 Å². The standard InChI is InChI=1S/C21H28N6O2/c1-15-7-8-17(13-23-15)24-20(28)25-19-6-4-5-16-14-27(11-9-18(16)19)12-10-22-21(29)26(2)3/h4-8,13H,9-12,14H2,1-3H3,(H,22,29)(H2,24,25,28). The lowest BCUT2D eigenvalue weighted by Gasteiger charge is -2.30. The largest absolute Gasteiger partial charge is 0.337 e. The summed E-state index contributed by atoms with van der Waals surface area (Å²) in [7, 11) is 3.46. The lowest BCUT2D eigenvalue weighted by atomic mass is 9.97. The zero-order valence-corrected chi connectivity index (χ0v) is 17.2. The molecule has 0 bridgehead atoms. The van der Waals surface area contributed by atoms with Crippen molar-refractivity contribution in [1.29, 1.82) is 0 Å². The van der Waals surface area contributed by atoms with Gasteiger partial charge in [0.05, 0.1) is 11.9 Å². The van der Waals surface area contributed by atoms with Crippen molar-refractivity contribution in [2.24, 2.45) is 0 Å². The second-order valence-electron chi connectivity index (χ2n) is 7.36. The van der Waals surface area contributed by atoms with Gasteiger partial charge >= 0.3 is 12.1 Å². The van der Waals surface area contributed by atoms with Crippen LogP contribution < -0.4 is 16.0 Å². The van der Waals surface area contributed by atoms with Crippen LogP contribution >= 0.6 is 0 Å². The highest BCUT2D eigenvalue weighted by atomic mass is 16.2. The maximum absolute atomic E-state index is 12.4. The summed E-state index contributed by atoms with van der Waals surface area (Å²) in [6, 6.07) is 9.30. The van der Waals surface area contributed by atoms with Crippen molar-refractivity contribution in [2.75, 3.05) is 44.4 Å². The maximum atomic E-state index is 12.4. The zero-order chi connectivity index (χ0) is 20.8. The van der Waals surface area contributed by atoms with Crippen LogP contribution in [0.3, 0.4) is 0 Å². The Kier molecular flexibility index (Phi) is 6.66. The van der Waals surface area contributed by atoms with E-state index in [0.717, 1.165) is 37.4 Å². The summed E-state index contributed by atoms with van der Waals surface area (Å²) in [4.78, 5) is 32.0. The number of benzene rings is 1. The molecule has 0 unspecified atom stereocenters. The molecule has 2 aromatic rings. The maximum Gasteiger partial charge on any atom is 0.323 e. The summed E-state index contributed by atoms with van der Waals surface area (Å²) in [5, 5.41) is 8.67. The lowest BCUT2D eigenvalue weighted by molar-refractivity contribution is 0.211. The Hall–Kier alpha value is -3.13. The van der Waals surface area contributed by atoms with E-state index in [1.807, 2.05) is 31.2 Å². The van der Waals surface area contributed by atoms with Gasteiger partial charge in [0.15, 0.2) is 0 Å². The molecule has 4 amide bonds. The van der Waals surface area contributed by atoms with Crippen LogP contribution in [0.15, 0.2) is 36.5 Å². The molecule has 0 radical (unpaired) electrons. The van der Waals surface area contributed by atoms with Crippen molar-refractivity contribution in [3.8, 4) is 0 Å². The van der Waals surface area contributed by atoms with Gasteiger partial charge in [-0.2, -0.15) is 0 Å². The van der Waals surface area contributed by atoms with Crippen molar-refractivity contribution < 1.29 is 9.59 Å². The number of carbonyl (C=O) groups excluding carboxylic acids is 2. The highest BCUT2D eigenvalue weighted by molar-refractivity contribution is 6.00. The first-order valence-electron chi connectivity index (χ1n) is 9.71. The lowest BCUT2D eigenvalue weighted by Crippen LogP contribution is -2.41. The molecule has 0 aliphatic carbocycles. The Balaban J connectivity index is 1.56. The van der Waals surface area contributed by atoms with E-state index >= 15 is 0 Å². The van der Waals surface area contributed by atoms with Gasteiger partial charge in [0.25, 0.3) is 0 Å². The van der Waals surface area contributed by atoms with Gasteiger partial charge in [0.1, 0.15) is 0 Å². The zero-order valence-electron chi connectivity index (χ0n) is 17.2. The number of hydrogen-bond acceptors (Lipinski definition) is 4. The molecule has 0 saturated carbocycles. The number of pyridine rings is 1. The second kappa shape index (κ2) is 9.38. The first-order chi connectivity index (χ1) is 13.9. The van der Waals surface area contributed by atoms with Crippen molar-refractivity contribution in [3.05, 3.63) is 53.3 Å². The van der Waals surface area contributed by atoms with E-state index in [2.05, 4.69) is 31.9 Å². The summed E-state index contributed by atoms with van der Waals surface area (Å²) < 4.78 is 0. The number of aromatic nitrogens is 1. The summed E-state index contributed by atoms with van der Waals surface area (Å²) in [6.07, 6.45) is 2.49. The van der Waals surface area contributed by atoms with Gasteiger partial charge in [0, 0.05) is 51.7 Å². The summed E-state index contributed by atoms with van der Waals surface area (Å²) in [5.41, 5.74) is 4.76. The summed E-state index contributed by atoms with van der Waals surface area (Å²) >= 11 is 0. The van der Waals surface area contributed by atoms with Crippen LogP contribution in [0.4, 0.5) is 21.0 Å². The Morgan fingerprint density at radius 2 is 2.00 bits per heavy atom. The van der Waals surface area contributed by atoms with Gasteiger partial charge in [-0.3, -0.25) is 9.88 Å². The van der Waals surface area contributed by atoms with Gasteiger partial charge in [-0.25, -0.2) is 9.59 Å². The third kappa shape index (κ3) is 5.68. The average molecular weight is 396 g/mol. The highest BCUT2D eigenvalue weighted by Gasteiger charge is 2.19. The fraction of sp³-hybridized carbons (Fsp3) is 0.381. The quantitative estimate of drug-likeness (QED) is 0.725. The van der Waals surface area contributed by atoms with Crippen molar-refractivity contribution >= 4 is 23.4 Å². The van der Waals surface area contributed by atoms with Crippen LogP contribution in [0.2, 0.25) is 0 Å². The van der Waals surface area contributed by atoms with Crippen LogP contribution in [0, 0.1) is 6.92 Å². The molecule has 0 fully saturated rings. The average Bonchev–Trinajstić information content (AvgIpc) is 2.69. The number of amides is 4. The molecule has 8 heteroatoms. The molecule has 0 atom stereocenters. The molecule has 2 heterocycles. The van der Waals surface area contributed by atoms with E-state index < -0.39 is 0 Å². The molecule has 29 heavy (non-hydrogen) atoms. The molecular formula is C21H28N6O2. The number of nitrogens with one attached hydrogen (secondary N) is 3. The first kappa shape index (κ1) is 20.6. The molecule has 1 aromatic heterocycles. The van der Waals surface area contributed by atoms with Crippen molar-refractivity contribution in [1.82, 2.24) is 20.1 Å². The van der Waals surface area contributed by atoms with E-state index in [0.29, 0.717) is 12.2 Å². The molecule has 0 saturated heterocycles. The molecule has 154 valence electrons. The van der Waals surface area contributed by atoms with Gasteiger partial charge in [0.2, 0.25) is 0 Å². The number of hydrogen-bond donors (Lipinski definition) is 3. The molecule has 8 nitrogen and oxygen atoms in total. The minimum absolute atomic E-state index is 0.0799. The van der Waals surface area contributed by atoms with Gasteiger partial charge in [-0.1, -0.05) is 12.1 Å². The molecule has 1 aliphatic heterocycles. The molecular weight excluding hydrogens is 368 g/mol. The number of nitrogens with zero attached hydrogens (tertiary/aromatic N) is 3. The third-order valence-corrected chi connectivity index (χ3v) is 4.87. The highest BCUT2D eigenvalue weighted by Crippen LogP contribution is 2.26. The number of fused-ring (bicyclic) bond motifs is 1. The van der Waals surface area contributed by atoms with E-state index in [-0.39, 0.29) is 12.1 Å². The predicted molar refractivity (Wildman–Crippen MR) is 114 cm³/mol. The number of anilines is 2. The van der Waals surface area contributed by atoms with Crippen LogP contribution in [0.25, 0.3) is 0 Å². The Labute approximate surface area is 171 Å². The molecule has 3 N–H and O–H groups in total. The molecule has 1 aliphatic rings. The predicted octanol–water partition coefficient (Wildman–Crippen LogP) is 2.66. The number of urea groups is 2. The van der Waals surface area contributed by atoms with Crippen molar-refractivity contribution in [2.45, 2.75) is 19.9 Å². The molecule has 0 spiro atoms. The Bertz CT molecular complexity index is 866. The fourth-order valence-electron chi connectivity index (χ4n) is 3.28. The third-order valence-electron chi connectivity index (χ3n) is 4.87. The smallest absolute Gasteiger partial charge is 0.323 e. The Morgan fingerprint density at radius 3 is 2.72 bits per heavy atom. The topological polar surface area (TPSA) is 89.6 Å². The minimum atomic E-state index is -0.280. The van der Waals surface area contributed by atoms with Crippen LogP contribution in [0.1, 0.15) is 16.8 Å². The van der Waals surface area contributed by atoms with Crippen molar-refractivity contribution in [3.63, 3.8) is 0 Å². The van der Waals surface area contributed by atoms with E-state index in [9.17, 15) is 9.59 Å². The molecule has 1 aromatic carbocycles. The number of carbonyl (C=O) groups is 2. The summed E-state index contributed by atoms with van der Waals surface area (Å²) in [6.45, 7) is 4.98. The summed E-state index contributed by atoms with van der Waals surface area (Å²) in [5.74, 6) is 0. The van der Waals surface area contributed by atoms with Crippen LogP contribution in [0.5, 0.6) is 0 Å². The van der Waals surface area contributed by atoms with Gasteiger partial charge < -0.3 is 20.9 Å². The van der Waals surface area contributed by atoms with E-state index in [1.54, 1.807) is 20.3 Å². The van der Waals surface area contributed by atoms with Gasteiger partial charge in [-0.05, 0) is 42.7 Å². The fourth-order valence-corrected chi connectivity index (χ4v) is 3.28. The molecule has 3 rings (SSSR count). The van der Waals surface area contributed by atoms with Crippen LogP contribution in [-0.2, 0) is 13.0 Å². The monoisotopic (exact) mass is 396 g/mol. The van der Waals surface area contributed by atoms with Gasteiger partial charge in [-0.15, -0.1) is 0 Å². The minimum Gasteiger partial charge on any atom is -0.337 e. The second-order valence-corrected chi connectivity index (χ2v) is 7.36. The number of rotatable bonds is 5. The normalized spacial score (nSPS) is 13.3. The van der Waals surface area contributed by atoms with Crippen LogP contribution in [-0.4, -0.2) is 60.6 Å². The first-order valence-corrected chi connectivity index (χ1v) is 9.71. The number of aryl methyl sites for hydroxylation is 1. The van der Waals surface area contributed by atoms with E-state index in [1.165, 1.54) is 16.0 Å². The SMILES string of the molecule is Cc1ccc(NC(=O)Nc2cccc3c2CCN(CCNC(=O)N(C)C)C3)cn1.